The van der Waals surface area contributed by atoms with Gasteiger partial charge in [-0.3, -0.25) is 0 Å². The summed E-state index contributed by atoms with van der Waals surface area (Å²) in [6.07, 6.45) is 8.20. The molecule has 0 aromatic heterocycles. The van der Waals surface area contributed by atoms with Crippen LogP contribution in [-0.4, -0.2) is 56.6 Å². The molecule has 0 aromatic rings. The molecule has 8 atom stereocenters. The monoisotopic (exact) mass is 419 g/mol. The van der Waals surface area contributed by atoms with Crippen LogP contribution >= 0.6 is 0 Å². The summed E-state index contributed by atoms with van der Waals surface area (Å²) in [5.74, 6) is -0.203. The van der Waals surface area contributed by atoms with E-state index in [4.69, 9.17) is 4.74 Å². The largest absolute Gasteiger partial charge is 0.458 e. The molecule has 30 heavy (non-hydrogen) atoms. The number of aliphatic hydroxyl groups is 3. The minimum Gasteiger partial charge on any atom is -0.458 e. The zero-order chi connectivity index (χ0) is 21.4. The Morgan fingerprint density at radius 1 is 1.10 bits per heavy atom. The van der Waals surface area contributed by atoms with Crippen LogP contribution in [-0.2, 0) is 9.53 Å². The fourth-order valence-corrected chi connectivity index (χ4v) is 8.46. The molecule has 1 heterocycles. The average molecular weight is 420 g/mol. The van der Waals surface area contributed by atoms with Crippen molar-refractivity contribution in [3.63, 3.8) is 0 Å². The van der Waals surface area contributed by atoms with Gasteiger partial charge in [-0.2, -0.15) is 0 Å². The Bertz CT molecular complexity index is 812. The van der Waals surface area contributed by atoms with Crippen LogP contribution in [0.15, 0.2) is 16.8 Å². The SMILES string of the molecule is CC12CC[C@H]3[C@@H](CCC4(O)CC(O)CCC34/C=N/O)C1(O)CCC2C1=CC(=O)OC1. The molecule has 4 N–H and O–H groups in total. The van der Waals surface area contributed by atoms with Gasteiger partial charge in [0.1, 0.15) is 6.61 Å². The molecule has 0 radical (unpaired) electrons. The van der Waals surface area contributed by atoms with Crippen LogP contribution < -0.4 is 0 Å². The van der Waals surface area contributed by atoms with Gasteiger partial charge in [-0.25, -0.2) is 4.79 Å². The van der Waals surface area contributed by atoms with Crippen LogP contribution in [0.3, 0.4) is 0 Å². The highest BCUT2D eigenvalue weighted by molar-refractivity contribution is 5.85. The van der Waals surface area contributed by atoms with Crippen molar-refractivity contribution in [1.82, 2.24) is 0 Å². The molecular weight excluding hydrogens is 386 g/mol. The summed E-state index contributed by atoms with van der Waals surface area (Å²) in [7, 11) is 0. The number of hydrogen-bond donors (Lipinski definition) is 4. The number of hydrogen-bond acceptors (Lipinski definition) is 7. The number of ether oxygens (including phenoxy) is 1. The van der Waals surface area contributed by atoms with Crippen molar-refractivity contribution >= 4 is 12.2 Å². The Morgan fingerprint density at radius 2 is 1.87 bits per heavy atom. The lowest BCUT2D eigenvalue weighted by Gasteiger charge is -2.65. The fraction of sp³-hybridized carbons (Fsp3) is 0.826. The second-order valence-corrected chi connectivity index (χ2v) is 10.8. The van der Waals surface area contributed by atoms with Crippen LogP contribution in [0, 0.1) is 28.6 Å². The number of carbonyl (C=O) groups excluding carboxylic acids is 1. The van der Waals surface area contributed by atoms with Gasteiger partial charge in [0.15, 0.2) is 0 Å². The topological polar surface area (TPSA) is 120 Å². The van der Waals surface area contributed by atoms with E-state index in [1.54, 1.807) is 6.08 Å². The Balaban J connectivity index is 1.53. The zero-order valence-electron chi connectivity index (χ0n) is 17.6. The van der Waals surface area contributed by atoms with E-state index in [1.165, 1.54) is 6.21 Å². The third-order valence-electron chi connectivity index (χ3n) is 9.93. The van der Waals surface area contributed by atoms with Gasteiger partial charge in [-0.05, 0) is 74.7 Å². The number of nitrogens with zero attached hydrogens (tertiary/aromatic N) is 1. The molecule has 1 aliphatic heterocycles. The highest BCUT2D eigenvalue weighted by atomic mass is 16.5. The second-order valence-electron chi connectivity index (χ2n) is 10.8. The summed E-state index contributed by atoms with van der Waals surface area (Å²) in [5.41, 5.74) is -2.11. The van der Waals surface area contributed by atoms with Gasteiger partial charge in [0.2, 0.25) is 0 Å². The summed E-state index contributed by atoms with van der Waals surface area (Å²) in [6, 6.07) is 0. The summed E-state index contributed by atoms with van der Waals surface area (Å²) in [4.78, 5) is 11.7. The van der Waals surface area contributed by atoms with Crippen molar-refractivity contribution in [2.45, 2.75) is 82.0 Å². The smallest absolute Gasteiger partial charge is 0.331 e. The first-order chi connectivity index (χ1) is 14.2. The van der Waals surface area contributed by atoms with Crippen LogP contribution in [0.2, 0.25) is 0 Å². The van der Waals surface area contributed by atoms with E-state index in [-0.39, 0.29) is 35.6 Å². The molecule has 7 heteroatoms. The first-order valence-electron chi connectivity index (χ1n) is 11.4. The molecule has 5 aliphatic rings. The quantitative estimate of drug-likeness (QED) is 0.236. The molecule has 166 valence electrons. The molecule has 4 saturated carbocycles. The Morgan fingerprint density at radius 3 is 2.57 bits per heavy atom. The van der Waals surface area contributed by atoms with Crippen LogP contribution in [0.25, 0.3) is 0 Å². The van der Waals surface area contributed by atoms with E-state index in [0.29, 0.717) is 38.7 Å². The van der Waals surface area contributed by atoms with Gasteiger partial charge in [0, 0.05) is 23.3 Å². The molecular formula is C23H33NO6. The van der Waals surface area contributed by atoms with Crippen LogP contribution in [0.1, 0.15) is 64.7 Å². The number of esters is 1. The summed E-state index contributed by atoms with van der Waals surface area (Å²) in [6.45, 7) is 2.48. The Hall–Kier alpha value is -1.44. The normalized spacial score (nSPS) is 53.1. The van der Waals surface area contributed by atoms with Crippen molar-refractivity contribution in [2.24, 2.45) is 33.7 Å². The maximum atomic E-state index is 12.2. The Kier molecular flexibility index (Phi) is 4.45. The van der Waals surface area contributed by atoms with E-state index < -0.39 is 22.7 Å². The number of carbonyl (C=O) groups is 1. The number of oxime groups is 1. The molecule has 0 bridgehead atoms. The van der Waals surface area contributed by atoms with Gasteiger partial charge >= 0.3 is 5.97 Å². The number of fused-ring (bicyclic) bond motifs is 5. The lowest BCUT2D eigenvalue weighted by molar-refractivity contribution is -0.237. The molecule has 4 fully saturated rings. The van der Waals surface area contributed by atoms with Gasteiger partial charge in [0.05, 0.1) is 23.5 Å². The molecule has 6 unspecified atom stereocenters. The number of aliphatic hydroxyl groups excluding tert-OH is 1. The van der Waals surface area contributed by atoms with E-state index in [0.717, 1.165) is 24.8 Å². The highest BCUT2D eigenvalue weighted by Crippen LogP contribution is 2.70. The number of cyclic esters (lactones) is 1. The molecule has 0 amide bonds. The first kappa shape index (κ1) is 20.5. The third kappa shape index (κ3) is 2.43. The predicted octanol–water partition coefficient (Wildman–Crippen LogP) is 2.16. The van der Waals surface area contributed by atoms with E-state index in [1.807, 2.05) is 0 Å². The summed E-state index contributed by atoms with van der Waals surface area (Å²) in [5, 5.41) is 47.0. The lowest BCUT2D eigenvalue weighted by atomic mass is 9.41. The lowest BCUT2D eigenvalue weighted by Crippen LogP contribution is -2.68. The number of rotatable bonds is 2. The van der Waals surface area contributed by atoms with Crippen molar-refractivity contribution < 1.29 is 30.1 Å². The highest BCUT2D eigenvalue weighted by Gasteiger charge is 2.71. The first-order valence-corrected chi connectivity index (χ1v) is 11.4. The summed E-state index contributed by atoms with van der Waals surface area (Å²) >= 11 is 0. The van der Waals surface area contributed by atoms with E-state index in [9.17, 15) is 25.3 Å². The molecule has 5 rings (SSSR count). The summed E-state index contributed by atoms with van der Waals surface area (Å²) < 4.78 is 5.17. The minimum atomic E-state index is -1.12. The van der Waals surface area contributed by atoms with E-state index >= 15 is 0 Å². The Labute approximate surface area is 176 Å². The molecule has 0 aromatic carbocycles. The van der Waals surface area contributed by atoms with Crippen molar-refractivity contribution in [3.05, 3.63) is 11.6 Å². The minimum absolute atomic E-state index is 0.00749. The standard InChI is InChI=1S/C23H33NO6/c1-20-6-3-17-18(23(20,28)9-5-16(20)14-10-19(26)30-12-14)4-8-22(27)11-15(25)2-7-21(17,22)13-24-29/h10,13,15-18,25,27-29H,2-9,11-12H2,1H3/b24-13+/t15?,16?,17-,18+,20?,21?,22?,23?/m0/s1. The predicted molar refractivity (Wildman–Crippen MR) is 108 cm³/mol. The maximum Gasteiger partial charge on any atom is 0.331 e. The zero-order valence-corrected chi connectivity index (χ0v) is 17.6. The molecule has 0 spiro atoms. The second kappa shape index (κ2) is 6.53. The molecule has 4 aliphatic carbocycles. The fourth-order valence-electron chi connectivity index (χ4n) is 8.46. The van der Waals surface area contributed by atoms with Gasteiger partial charge in [-0.1, -0.05) is 6.92 Å². The van der Waals surface area contributed by atoms with Crippen LogP contribution in [0.4, 0.5) is 0 Å². The maximum absolute atomic E-state index is 12.2. The van der Waals surface area contributed by atoms with Gasteiger partial charge in [0.25, 0.3) is 0 Å². The average Bonchev–Trinajstić information content (AvgIpc) is 3.23. The van der Waals surface area contributed by atoms with Crippen molar-refractivity contribution in [3.8, 4) is 0 Å². The van der Waals surface area contributed by atoms with Gasteiger partial charge < -0.3 is 25.3 Å². The van der Waals surface area contributed by atoms with E-state index in [2.05, 4.69) is 12.1 Å². The van der Waals surface area contributed by atoms with Crippen molar-refractivity contribution in [1.29, 1.82) is 0 Å². The van der Waals surface area contributed by atoms with Crippen molar-refractivity contribution in [2.75, 3.05) is 6.61 Å². The molecule has 7 nitrogen and oxygen atoms in total. The van der Waals surface area contributed by atoms with Crippen LogP contribution in [0.5, 0.6) is 0 Å². The third-order valence-corrected chi connectivity index (χ3v) is 9.93. The van der Waals surface area contributed by atoms with Gasteiger partial charge in [-0.15, -0.1) is 5.16 Å². The molecule has 0 saturated heterocycles.